The van der Waals surface area contributed by atoms with Crippen LogP contribution in [-0.2, 0) is 0 Å². The van der Waals surface area contributed by atoms with Crippen LogP contribution >= 0.6 is 0 Å². The number of anilines is 2. The number of carbonyl (C=O) groups is 1. The molecule has 2 rings (SSSR count). The van der Waals surface area contributed by atoms with Gasteiger partial charge in [0.2, 0.25) is 0 Å². The van der Waals surface area contributed by atoms with E-state index < -0.39 is 0 Å². The molecule has 23 heavy (non-hydrogen) atoms. The van der Waals surface area contributed by atoms with E-state index >= 15 is 0 Å². The van der Waals surface area contributed by atoms with E-state index in [0.29, 0.717) is 17.0 Å². The first-order chi connectivity index (χ1) is 10.8. The Morgan fingerprint density at radius 3 is 2.57 bits per heavy atom. The average Bonchev–Trinajstić information content (AvgIpc) is 2.46. The highest BCUT2D eigenvalue weighted by molar-refractivity contribution is 6.05. The maximum atomic E-state index is 12.5. The van der Waals surface area contributed by atoms with E-state index in [1.165, 1.54) is 0 Å². The number of nitrogens with one attached hydrogen (secondary N) is 2. The second-order valence-corrected chi connectivity index (χ2v) is 6.50. The van der Waals surface area contributed by atoms with Crippen LogP contribution in [0.3, 0.4) is 0 Å². The highest BCUT2D eigenvalue weighted by atomic mass is 16.5. The fourth-order valence-electron chi connectivity index (χ4n) is 2.18. The molecule has 0 aliphatic heterocycles. The van der Waals surface area contributed by atoms with Crippen LogP contribution in [0.25, 0.3) is 0 Å². The van der Waals surface area contributed by atoms with Crippen molar-refractivity contribution >= 4 is 17.3 Å². The predicted octanol–water partition coefficient (Wildman–Crippen LogP) is 3.86. The van der Waals surface area contributed by atoms with Gasteiger partial charge in [0.25, 0.3) is 5.91 Å². The minimum Gasteiger partial charge on any atom is -0.495 e. The number of hydrogen-bond acceptors (Lipinski definition) is 4. The van der Waals surface area contributed by atoms with E-state index in [2.05, 4.69) is 36.4 Å². The number of methoxy groups -OCH3 is 1. The van der Waals surface area contributed by atoms with Crippen LogP contribution in [-0.4, -0.2) is 23.5 Å². The number of carbonyl (C=O) groups excluding carboxylic acids is 1. The summed E-state index contributed by atoms with van der Waals surface area (Å²) in [4.78, 5) is 16.6. The molecule has 0 radical (unpaired) electrons. The van der Waals surface area contributed by atoms with Crippen molar-refractivity contribution in [3.05, 3.63) is 47.8 Å². The molecule has 0 aliphatic rings. The molecule has 122 valence electrons. The van der Waals surface area contributed by atoms with Gasteiger partial charge in [-0.1, -0.05) is 6.07 Å². The van der Waals surface area contributed by atoms with Crippen LogP contribution < -0.4 is 15.4 Å². The molecular formula is C18H23N3O2. The predicted molar refractivity (Wildman–Crippen MR) is 93.3 cm³/mol. The smallest absolute Gasteiger partial charge is 0.257 e. The molecule has 5 heteroatoms. The fourth-order valence-corrected chi connectivity index (χ4v) is 2.18. The van der Waals surface area contributed by atoms with Gasteiger partial charge in [0, 0.05) is 17.9 Å². The maximum absolute atomic E-state index is 12.5. The second kappa shape index (κ2) is 6.69. The third-order valence-corrected chi connectivity index (χ3v) is 3.12. The summed E-state index contributed by atoms with van der Waals surface area (Å²) >= 11 is 0. The average molecular weight is 313 g/mol. The normalized spacial score (nSPS) is 11.0. The Morgan fingerprint density at radius 2 is 1.91 bits per heavy atom. The van der Waals surface area contributed by atoms with Crippen LogP contribution in [0.5, 0.6) is 5.75 Å². The van der Waals surface area contributed by atoms with Crippen molar-refractivity contribution in [2.75, 3.05) is 17.7 Å². The number of ether oxygens (including phenoxy) is 1. The molecule has 0 saturated carbocycles. The van der Waals surface area contributed by atoms with Gasteiger partial charge in [-0.3, -0.25) is 9.78 Å². The van der Waals surface area contributed by atoms with E-state index in [0.717, 1.165) is 11.3 Å². The van der Waals surface area contributed by atoms with Gasteiger partial charge >= 0.3 is 0 Å². The van der Waals surface area contributed by atoms with E-state index in [1.807, 2.05) is 25.1 Å². The van der Waals surface area contributed by atoms with Crippen molar-refractivity contribution in [3.8, 4) is 5.75 Å². The Kier molecular flexibility index (Phi) is 4.89. The van der Waals surface area contributed by atoms with E-state index in [4.69, 9.17) is 4.74 Å². The summed E-state index contributed by atoms with van der Waals surface area (Å²) in [5.74, 6) is 0.403. The van der Waals surface area contributed by atoms with Crippen molar-refractivity contribution in [1.29, 1.82) is 0 Å². The Bertz CT molecular complexity index is 706. The van der Waals surface area contributed by atoms with Crippen molar-refractivity contribution in [1.82, 2.24) is 4.98 Å². The van der Waals surface area contributed by atoms with Gasteiger partial charge in [-0.25, -0.2) is 0 Å². The van der Waals surface area contributed by atoms with E-state index in [9.17, 15) is 4.79 Å². The molecule has 5 nitrogen and oxygen atoms in total. The molecule has 1 amide bonds. The van der Waals surface area contributed by atoms with Crippen LogP contribution in [0.2, 0.25) is 0 Å². The minimum atomic E-state index is -0.223. The molecule has 0 spiro atoms. The SMILES string of the molecule is COc1ccc(C)cc1NC(=O)c1cncc(NC(C)(C)C)c1. The molecule has 1 heterocycles. The fraction of sp³-hybridized carbons (Fsp3) is 0.333. The minimum absolute atomic E-state index is 0.101. The zero-order chi connectivity index (χ0) is 17.0. The lowest BCUT2D eigenvalue weighted by Crippen LogP contribution is -2.26. The maximum Gasteiger partial charge on any atom is 0.257 e. The van der Waals surface area contributed by atoms with Crippen molar-refractivity contribution < 1.29 is 9.53 Å². The van der Waals surface area contributed by atoms with Gasteiger partial charge in [0.05, 0.1) is 24.0 Å². The van der Waals surface area contributed by atoms with E-state index in [1.54, 1.807) is 25.6 Å². The van der Waals surface area contributed by atoms with Crippen LogP contribution in [0.1, 0.15) is 36.7 Å². The third-order valence-electron chi connectivity index (χ3n) is 3.12. The van der Waals surface area contributed by atoms with Gasteiger partial charge in [0.15, 0.2) is 0 Å². The van der Waals surface area contributed by atoms with Gasteiger partial charge in [-0.2, -0.15) is 0 Å². The van der Waals surface area contributed by atoms with Crippen molar-refractivity contribution in [2.24, 2.45) is 0 Å². The number of nitrogens with zero attached hydrogens (tertiary/aromatic N) is 1. The highest BCUT2D eigenvalue weighted by Gasteiger charge is 2.13. The summed E-state index contributed by atoms with van der Waals surface area (Å²) in [6.45, 7) is 8.12. The van der Waals surface area contributed by atoms with Gasteiger partial charge in [0.1, 0.15) is 5.75 Å². The molecule has 0 fully saturated rings. The zero-order valence-electron chi connectivity index (χ0n) is 14.2. The van der Waals surface area contributed by atoms with Crippen molar-refractivity contribution in [3.63, 3.8) is 0 Å². The first kappa shape index (κ1) is 16.8. The third kappa shape index (κ3) is 4.71. The summed E-state index contributed by atoms with van der Waals surface area (Å²) in [5, 5.41) is 6.18. The largest absolute Gasteiger partial charge is 0.495 e. The van der Waals surface area contributed by atoms with Gasteiger partial charge in [-0.15, -0.1) is 0 Å². The number of benzene rings is 1. The van der Waals surface area contributed by atoms with Crippen LogP contribution in [0.15, 0.2) is 36.7 Å². The topological polar surface area (TPSA) is 63.2 Å². The molecule has 0 unspecified atom stereocenters. The molecule has 0 saturated heterocycles. The second-order valence-electron chi connectivity index (χ2n) is 6.50. The standard InChI is InChI=1S/C18H23N3O2/c1-12-6-7-16(23-5)15(8-12)20-17(22)13-9-14(11-19-10-13)21-18(2,3)4/h6-11,21H,1-5H3,(H,20,22). The quantitative estimate of drug-likeness (QED) is 0.899. The zero-order valence-corrected chi connectivity index (χ0v) is 14.2. The Morgan fingerprint density at radius 1 is 1.17 bits per heavy atom. The summed E-state index contributed by atoms with van der Waals surface area (Å²) in [6, 6.07) is 7.43. The van der Waals surface area contributed by atoms with E-state index in [-0.39, 0.29) is 11.4 Å². The lowest BCUT2D eigenvalue weighted by molar-refractivity contribution is 0.102. The summed E-state index contributed by atoms with van der Waals surface area (Å²) in [7, 11) is 1.58. The van der Waals surface area contributed by atoms with Crippen LogP contribution in [0, 0.1) is 6.92 Å². The summed E-state index contributed by atoms with van der Waals surface area (Å²) < 4.78 is 5.28. The lowest BCUT2D eigenvalue weighted by Gasteiger charge is -2.22. The number of aromatic nitrogens is 1. The Balaban J connectivity index is 2.21. The van der Waals surface area contributed by atoms with Crippen LogP contribution in [0.4, 0.5) is 11.4 Å². The Hall–Kier alpha value is -2.56. The number of amides is 1. The molecule has 0 bridgehead atoms. The Labute approximate surface area is 137 Å². The summed E-state index contributed by atoms with van der Waals surface area (Å²) in [5.41, 5.74) is 2.88. The molecule has 2 N–H and O–H groups in total. The number of hydrogen-bond donors (Lipinski definition) is 2. The highest BCUT2D eigenvalue weighted by Crippen LogP contribution is 2.26. The monoisotopic (exact) mass is 313 g/mol. The molecular weight excluding hydrogens is 290 g/mol. The lowest BCUT2D eigenvalue weighted by atomic mass is 10.1. The number of pyridine rings is 1. The molecule has 1 aromatic carbocycles. The molecule has 0 aliphatic carbocycles. The first-order valence-electron chi connectivity index (χ1n) is 7.48. The first-order valence-corrected chi connectivity index (χ1v) is 7.48. The molecule has 0 atom stereocenters. The molecule has 2 aromatic rings. The number of rotatable bonds is 4. The summed E-state index contributed by atoms with van der Waals surface area (Å²) in [6.07, 6.45) is 3.25. The van der Waals surface area contributed by atoms with Gasteiger partial charge in [-0.05, 0) is 51.5 Å². The van der Waals surface area contributed by atoms with Crippen molar-refractivity contribution in [2.45, 2.75) is 33.2 Å². The van der Waals surface area contributed by atoms with Gasteiger partial charge < -0.3 is 15.4 Å². The molecule has 1 aromatic heterocycles. The number of aryl methyl sites for hydroxylation is 1.